The molecule has 2 aromatic heterocycles. The molecule has 172 valence electrons. The number of thioether (sulfide) groups is 1. The maximum absolute atomic E-state index is 4.98. The van der Waals surface area contributed by atoms with Gasteiger partial charge in [-0.3, -0.25) is 9.88 Å². The van der Waals surface area contributed by atoms with Crippen LogP contribution < -0.4 is 4.90 Å². The molecule has 0 bridgehead atoms. The molecule has 0 aliphatic carbocycles. The van der Waals surface area contributed by atoms with Crippen LogP contribution in [-0.4, -0.2) is 53.6 Å². The fraction of sp³-hybridized carbons (Fsp3) is 0.370. The van der Waals surface area contributed by atoms with Gasteiger partial charge in [-0.05, 0) is 61.2 Å². The van der Waals surface area contributed by atoms with Gasteiger partial charge in [0, 0.05) is 63.1 Å². The Morgan fingerprint density at radius 1 is 1.15 bits per heavy atom. The van der Waals surface area contributed by atoms with Crippen LogP contribution >= 0.6 is 11.8 Å². The van der Waals surface area contributed by atoms with Crippen LogP contribution in [0.25, 0.3) is 6.08 Å². The van der Waals surface area contributed by atoms with Gasteiger partial charge in [0.1, 0.15) is 0 Å². The van der Waals surface area contributed by atoms with Crippen molar-refractivity contribution in [3.63, 3.8) is 0 Å². The average Bonchev–Trinajstić information content (AvgIpc) is 2.85. The lowest BCUT2D eigenvalue weighted by atomic mass is 9.92. The second-order valence-electron chi connectivity index (χ2n) is 8.86. The Bertz CT molecular complexity index is 1050. The summed E-state index contributed by atoms with van der Waals surface area (Å²) in [5, 5.41) is 0.859. The summed E-state index contributed by atoms with van der Waals surface area (Å²) in [7, 11) is 4.14. The number of aryl methyl sites for hydroxylation is 1. The molecule has 0 saturated carbocycles. The standard InChI is InChI=1S/C27H33N5S/c1-21-17-29-27(33-20-23-7-4-14-28-18-23)30-26(21)24-9-6-16-32(19-24)15-5-8-22-10-12-25(13-11-22)31(2)3/h4-5,7-8,10-14,17-18,24H,6,9,15-16,19-20H2,1-3H3/b8-5+/t24-/m0/s1. The van der Waals surface area contributed by atoms with Crippen LogP contribution in [0.3, 0.4) is 0 Å². The number of anilines is 1. The third-order valence-corrected chi connectivity index (χ3v) is 6.99. The van der Waals surface area contributed by atoms with Gasteiger partial charge >= 0.3 is 0 Å². The average molecular weight is 460 g/mol. The van der Waals surface area contributed by atoms with Crippen LogP contribution in [0.15, 0.2) is 66.2 Å². The summed E-state index contributed by atoms with van der Waals surface area (Å²) in [4.78, 5) is 18.4. The van der Waals surface area contributed by atoms with Crippen LogP contribution in [0.2, 0.25) is 0 Å². The number of rotatable bonds is 8. The summed E-state index contributed by atoms with van der Waals surface area (Å²) in [6, 6.07) is 12.8. The normalized spacial score (nSPS) is 16.9. The molecule has 1 fully saturated rings. The van der Waals surface area contributed by atoms with Gasteiger partial charge in [-0.25, -0.2) is 9.97 Å². The number of pyridine rings is 1. The quantitative estimate of drug-likeness (QED) is 0.331. The van der Waals surface area contributed by atoms with Crippen molar-refractivity contribution in [2.75, 3.05) is 38.6 Å². The highest BCUT2D eigenvalue weighted by Gasteiger charge is 2.23. The van der Waals surface area contributed by atoms with E-state index in [0.29, 0.717) is 5.92 Å². The number of piperidine rings is 1. The molecule has 3 heterocycles. The molecule has 1 aliphatic heterocycles. The Morgan fingerprint density at radius 3 is 2.76 bits per heavy atom. The molecule has 6 heteroatoms. The fourth-order valence-corrected chi connectivity index (χ4v) is 4.98. The first-order valence-electron chi connectivity index (χ1n) is 11.6. The van der Waals surface area contributed by atoms with Crippen molar-refractivity contribution in [3.8, 4) is 0 Å². The Kier molecular flexibility index (Phi) is 8.13. The minimum atomic E-state index is 0.465. The van der Waals surface area contributed by atoms with E-state index >= 15 is 0 Å². The topological polar surface area (TPSA) is 45.2 Å². The first kappa shape index (κ1) is 23.5. The number of likely N-dealkylation sites (tertiary alicyclic amines) is 1. The van der Waals surface area contributed by atoms with E-state index in [0.717, 1.165) is 30.5 Å². The maximum atomic E-state index is 4.98. The highest BCUT2D eigenvalue weighted by molar-refractivity contribution is 7.98. The van der Waals surface area contributed by atoms with Gasteiger partial charge in [-0.2, -0.15) is 0 Å². The summed E-state index contributed by atoms with van der Waals surface area (Å²) in [6.07, 6.45) is 12.6. The SMILES string of the molecule is Cc1cnc(SCc2cccnc2)nc1[C@H]1CCCN(C/C=C/c2ccc(N(C)C)cc2)C1. The van der Waals surface area contributed by atoms with Gasteiger partial charge < -0.3 is 4.90 Å². The first-order chi connectivity index (χ1) is 16.1. The second-order valence-corrected chi connectivity index (χ2v) is 9.80. The lowest BCUT2D eigenvalue weighted by Crippen LogP contribution is -2.35. The number of hydrogen-bond donors (Lipinski definition) is 0. The van der Waals surface area contributed by atoms with Gasteiger partial charge in [-0.15, -0.1) is 0 Å². The Balaban J connectivity index is 1.35. The van der Waals surface area contributed by atoms with Gasteiger partial charge in [0.2, 0.25) is 0 Å². The molecule has 0 amide bonds. The summed E-state index contributed by atoms with van der Waals surface area (Å²) < 4.78 is 0. The second kappa shape index (κ2) is 11.4. The Hall–Kier alpha value is -2.70. The molecule has 1 aliphatic rings. The Labute approximate surface area is 202 Å². The predicted molar refractivity (Wildman–Crippen MR) is 139 cm³/mol. The van der Waals surface area contributed by atoms with Gasteiger partial charge in [-0.1, -0.05) is 42.1 Å². The monoisotopic (exact) mass is 459 g/mol. The lowest BCUT2D eigenvalue weighted by molar-refractivity contribution is 0.225. The number of hydrogen-bond acceptors (Lipinski definition) is 6. The van der Waals surface area contributed by atoms with Crippen molar-refractivity contribution >= 4 is 23.5 Å². The molecule has 1 atom stereocenters. The zero-order chi connectivity index (χ0) is 23.0. The van der Waals surface area contributed by atoms with Crippen molar-refractivity contribution in [3.05, 3.63) is 83.4 Å². The molecule has 5 nitrogen and oxygen atoms in total. The van der Waals surface area contributed by atoms with E-state index in [9.17, 15) is 0 Å². The van der Waals surface area contributed by atoms with Gasteiger partial charge in [0.05, 0.1) is 5.69 Å². The number of aromatic nitrogens is 3. The van der Waals surface area contributed by atoms with Crippen molar-refractivity contribution in [2.45, 2.75) is 36.6 Å². The summed E-state index contributed by atoms with van der Waals surface area (Å²) in [6.45, 7) is 5.31. The third kappa shape index (κ3) is 6.65. The molecule has 0 N–H and O–H groups in total. The fourth-order valence-electron chi connectivity index (χ4n) is 4.22. The van der Waals surface area contributed by atoms with Crippen molar-refractivity contribution in [1.29, 1.82) is 0 Å². The number of benzene rings is 1. The van der Waals surface area contributed by atoms with Crippen molar-refractivity contribution in [2.24, 2.45) is 0 Å². The third-order valence-electron chi connectivity index (χ3n) is 6.06. The first-order valence-corrected chi connectivity index (χ1v) is 12.6. The molecule has 1 aromatic carbocycles. The largest absolute Gasteiger partial charge is 0.378 e. The molecule has 33 heavy (non-hydrogen) atoms. The smallest absolute Gasteiger partial charge is 0.188 e. The van der Waals surface area contributed by atoms with Crippen LogP contribution in [0, 0.1) is 6.92 Å². The molecule has 3 aromatic rings. The van der Waals surface area contributed by atoms with Gasteiger partial charge in [0.15, 0.2) is 5.16 Å². The molecule has 0 radical (unpaired) electrons. The van der Waals surface area contributed by atoms with E-state index in [1.54, 1.807) is 18.0 Å². The molecule has 0 spiro atoms. The van der Waals surface area contributed by atoms with E-state index in [1.165, 1.54) is 40.9 Å². The highest BCUT2D eigenvalue weighted by Crippen LogP contribution is 2.29. The van der Waals surface area contributed by atoms with E-state index in [-0.39, 0.29) is 0 Å². The minimum absolute atomic E-state index is 0.465. The summed E-state index contributed by atoms with van der Waals surface area (Å²) in [5.74, 6) is 1.31. The predicted octanol–water partition coefficient (Wildman–Crippen LogP) is 5.43. The van der Waals surface area contributed by atoms with Crippen molar-refractivity contribution in [1.82, 2.24) is 19.9 Å². The summed E-state index contributed by atoms with van der Waals surface area (Å²) in [5.41, 5.74) is 6.08. The Morgan fingerprint density at radius 2 is 2.00 bits per heavy atom. The molecular formula is C27H33N5S. The van der Waals surface area contributed by atoms with Crippen molar-refractivity contribution < 1.29 is 0 Å². The molecule has 0 unspecified atom stereocenters. The maximum Gasteiger partial charge on any atom is 0.188 e. The summed E-state index contributed by atoms with van der Waals surface area (Å²) >= 11 is 1.69. The molecule has 4 rings (SSSR count). The highest BCUT2D eigenvalue weighted by atomic mass is 32.2. The van der Waals surface area contributed by atoms with Crippen LogP contribution in [0.1, 0.15) is 41.1 Å². The lowest BCUT2D eigenvalue weighted by Gasteiger charge is -2.32. The van der Waals surface area contributed by atoms with Crippen LogP contribution in [0.5, 0.6) is 0 Å². The molecule has 1 saturated heterocycles. The van der Waals surface area contributed by atoms with E-state index in [2.05, 4.69) is 83.3 Å². The van der Waals surface area contributed by atoms with Crippen LogP contribution in [-0.2, 0) is 5.75 Å². The number of nitrogens with zero attached hydrogens (tertiary/aromatic N) is 5. The minimum Gasteiger partial charge on any atom is -0.378 e. The molecular weight excluding hydrogens is 426 g/mol. The van der Waals surface area contributed by atoms with E-state index < -0.39 is 0 Å². The zero-order valence-corrected chi connectivity index (χ0v) is 20.6. The van der Waals surface area contributed by atoms with E-state index in [4.69, 9.17) is 4.98 Å². The van der Waals surface area contributed by atoms with Gasteiger partial charge in [0.25, 0.3) is 0 Å². The van der Waals surface area contributed by atoms with Crippen LogP contribution in [0.4, 0.5) is 5.69 Å². The van der Waals surface area contributed by atoms with E-state index in [1.807, 2.05) is 18.5 Å². The zero-order valence-electron chi connectivity index (χ0n) is 19.8.